The van der Waals surface area contributed by atoms with Crippen LogP contribution in [-0.4, -0.2) is 37.1 Å². The molecule has 25 heavy (non-hydrogen) atoms. The molecule has 0 bridgehead atoms. The fraction of sp³-hybridized carbons (Fsp3) is 0.353. The number of aromatic nitrogens is 1. The molecule has 2 heterocycles. The Morgan fingerprint density at radius 3 is 2.44 bits per heavy atom. The van der Waals surface area contributed by atoms with Crippen molar-refractivity contribution < 1.29 is 22.1 Å². The van der Waals surface area contributed by atoms with Crippen molar-refractivity contribution >= 4 is 10.1 Å². The Kier molecular flexibility index (Phi) is 6.46. The molecule has 1 aliphatic rings. The first kappa shape index (κ1) is 19.3. The van der Waals surface area contributed by atoms with Crippen molar-refractivity contribution in [3.63, 3.8) is 0 Å². The Bertz CT molecular complexity index is 806. The maximum Gasteiger partial charge on any atom is 0.294 e. The van der Waals surface area contributed by atoms with Crippen molar-refractivity contribution in [2.45, 2.75) is 31.2 Å². The van der Waals surface area contributed by atoms with Gasteiger partial charge in [-0.3, -0.25) is 4.55 Å². The Balaban J connectivity index is 0.000000186. The molecule has 136 valence electrons. The predicted octanol–water partition coefficient (Wildman–Crippen LogP) is 2.51. The zero-order chi connectivity index (χ0) is 18.4. The summed E-state index contributed by atoms with van der Waals surface area (Å²) in [5.74, 6) is 0.205. The third-order valence-electron chi connectivity index (χ3n) is 3.69. The summed E-state index contributed by atoms with van der Waals surface area (Å²) in [4.78, 5) is 3.52. The molecule has 0 aliphatic carbocycles. The van der Waals surface area contributed by atoms with E-state index in [-0.39, 0.29) is 4.90 Å². The molecule has 1 fully saturated rings. The van der Waals surface area contributed by atoms with Gasteiger partial charge in [0.25, 0.3) is 10.1 Å². The van der Waals surface area contributed by atoms with E-state index >= 15 is 0 Å². The maximum absolute atomic E-state index is 12.8. The summed E-state index contributed by atoms with van der Waals surface area (Å²) < 4.78 is 47.8. The smallest absolute Gasteiger partial charge is 0.294 e. The lowest BCUT2D eigenvalue weighted by Crippen LogP contribution is -2.46. The van der Waals surface area contributed by atoms with Crippen LogP contribution in [0, 0.1) is 19.8 Å². The molecule has 0 unspecified atom stereocenters. The highest BCUT2D eigenvalue weighted by Crippen LogP contribution is 2.14. The zero-order valence-electron chi connectivity index (χ0n) is 14.1. The molecule has 1 aliphatic heterocycles. The zero-order valence-corrected chi connectivity index (χ0v) is 14.9. The molecule has 2 N–H and O–H groups in total. The van der Waals surface area contributed by atoms with Gasteiger partial charge in [0.1, 0.15) is 12.4 Å². The molecule has 8 heteroatoms. The fourth-order valence-corrected chi connectivity index (χ4v) is 2.49. The first-order valence-corrected chi connectivity index (χ1v) is 9.22. The van der Waals surface area contributed by atoms with Crippen molar-refractivity contribution in [1.82, 2.24) is 10.3 Å². The Morgan fingerprint density at radius 2 is 1.96 bits per heavy atom. The molecular formula is C17H21FN2O4S. The van der Waals surface area contributed by atoms with Gasteiger partial charge in [0, 0.05) is 11.6 Å². The van der Waals surface area contributed by atoms with Crippen molar-refractivity contribution in [3.05, 3.63) is 53.6 Å². The van der Waals surface area contributed by atoms with Gasteiger partial charge >= 0.3 is 0 Å². The van der Waals surface area contributed by atoms with Crippen molar-refractivity contribution in [1.29, 1.82) is 0 Å². The number of hydrogen-bond donors (Lipinski definition) is 2. The first-order valence-electron chi connectivity index (χ1n) is 7.78. The van der Waals surface area contributed by atoms with Crippen molar-refractivity contribution in [3.8, 4) is 5.75 Å². The van der Waals surface area contributed by atoms with E-state index in [1.54, 1.807) is 25.1 Å². The highest BCUT2D eigenvalue weighted by molar-refractivity contribution is 7.85. The minimum Gasteiger partial charge on any atom is -0.490 e. The normalized spacial score (nSPS) is 16.4. The van der Waals surface area contributed by atoms with Gasteiger partial charge < -0.3 is 10.1 Å². The summed E-state index contributed by atoms with van der Waals surface area (Å²) >= 11 is 0. The van der Waals surface area contributed by atoms with Crippen LogP contribution in [0.2, 0.25) is 0 Å². The van der Waals surface area contributed by atoms with Gasteiger partial charge in [-0.05, 0) is 45.0 Å². The van der Waals surface area contributed by atoms with Crippen LogP contribution < -0.4 is 10.1 Å². The maximum atomic E-state index is 12.8. The highest BCUT2D eigenvalue weighted by Gasteiger charge is 2.16. The summed E-state index contributed by atoms with van der Waals surface area (Å²) in [6.45, 7) is 5.21. The van der Waals surface area contributed by atoms with Crippen LogP contribution in [0.5, 0.6) is 5.75 Å². The number of ether oxygens (including phenoxy) is 1. The quantitative estimate of drug-likeness (QED) is 0.637. The second kappa shape index (κ2) is 8.37. The molecule has 1 saturated heterocycles. The van der Waals surface area contributed by atoms with E-state index < -0.39 is 16.1 Å². The van der Waals surface area contributed by atoms with Crippen LogP contribution in [-0.2, 0) is 10.1 Å². The SMILES string of the molecule is Cc1cc(OC[C@H]2CCN2)cnc1F.Cc1ccc(S(=O)(=O)O)cc1. The van der Waals surface area contributed by atoms with Crippen LogP contribution in [0.25, 0.3) is 0 Å². The molecule has 0 saturated carbocycles. The Hall–Kier alpha value is -2.03. The lowest BCUT2D eigenvalue weighted by atomic mass is 10.1. The van der Waals surface area contributed by atoms with Crippen LogP contribution in [0.15, 0.2) is 41.4 Å². The number of nitrogens with zero attached hydrogens (tertiary/aromatic N) is 1. The monoisotopic (exact) mass is 368 g/mol. The van der Waals surface area contributed by atoms with Crippen molar-refractivity contribution in [2.75, 3.05) is 13.2 Å². The number of pyridine rings is 1. The highest BCUT2D eigenvalue weighted by atomic mass is 32.2. The van der Waals surface area contributed by atoms with E-state index in [9.17, 15) is 12.8 Å². The molecule has 1 atom stereocenters. The predicted molar refractivity (Wildman–Crippen MR) is 91.8 cm³/mol. The molecule has 0 spiro atoms. The third kappa shape index (κ3) is 6.08. The average Bonchev–Trinajstić information content (AvgIpc) is 2.49. The van der Waals surface area contributed by atoms with E-state index in [0.717, 1.165) is 18.5 Å². The van der Waals surface area contributed by atoms with E-state index in [1.165, 1.54) is 18.3 Å². The lowest BCUT2D eigenvalue weighted by molar-refractivity contribution is 0.216. The van der Waals surface area contributed by atoms with Gasteiger partial charge in [-0.2, -0.15) is 12.8 Å². The number of benzene rings is 1. The van der Waals surface area contributed by atoms with E-state index in [2.05, 4.69) is 10.3 Å². The molecule has 3 rings (SSSR count). The van der Waals surface area contributed by atoms with Crippen LogP contribution >= 0.6 is 0 Å². The number of aryl methyl sites for hydroxylation is 2. The molecule has 1 aromatic carbocycles. The van der Waals surface area contributed by atoms with Gasteiger partial charge in [0.15, 0.2) is 0 Å². The van der Waals surface area contributed by atoms with E-state index in [4.69, 9.17) is 9.29 Å². The van der Waals surface area contributed by atoms with Gasteiger partial charge in [-0.1, -0.05) is 17.7 Å². The topological polar surface area (TPSA) is 88.5 Å². The number of nitrogens with one attached hydrogen (secondary N) is 1. The van der Waals surface area contributed by atoms with Gasteiger partial charge in [0.05, 0.1) is 11.1 Å². The summed E-state index contributed by atoms with van der Waals surface area (Å²) in [6.07, 6.45) is 2.56. The molecule has 2 aromatic rings. The van der Waals surface area contributed by atoms with E-state index in [1.807, 2.05) is 6.92 Å². The number of rotatable bonds is 4. The first-order chi connectivity index (χ1) is 11.8. The third-order valence-corrected chi connectivity index (χ3v) is 4.55. The van der Waals surface area contributed by atoms with E-state index in [0.29, 0.717) is 24.0 Å². The van der Waals surface area contributed by atoms with Crippen LogP contribution in [0.3, 0.4) is 0 Å². The fourth-order valence-electron chi connectivity index (χ4n) is 2.01. The van der Waals surface area contributed by atoms with Crippen molar-refractivity contribution in [2.24, 2.45) is 0 Å². The van der Waals surface area contributed by atoms with Gasteiger partial charge in [-0.15, -0.1) is 0 Å². The summed E-state index contributed by atoms with van der Waals surface area (Å²) in [7, 11) is -4.02. The largest absolute Gasteiger partial charge is 0.490 e. The molecule has 0 amide bonds. The minimum atomic E-state index is -4.02. The summed E-state index contributed by atoms with van der Waals surface area (Å²) in [6, 6.07) is 8.10. The minimum absolute atomic E-state index is 0.0666. The average molecular weight is 368 g/mol. The Morgan fingerprint density at radius 1 is 1.32 bits per heavy atom. The van der Waals surface area contributed by atoms with Gasteiger partial charge in [-0.25, -0.2) is 4.98 Å². The second-order valence-electron chi connectivity index (χ2n) is 5.82. The van der Waals surface area contributed by atoms with Crippen LogP contribution in [0.1, 0.15) is 17.5 Å². The van der Waals surface area contributed by atoms with Gasteiger partial charge in [0.2, 0.25) is 5.95 Å². The summed E-state index contributed by atoms with van der Waals surface area (Å²) in [5, 5.41) is 3.22. The standard InChI is InChI=1S/C10H13FN2O.C7H8O3S/c1-7-4-9(5-13-10(7)11)14-6-8-2-3-12-8;1-6-2-4-7(5-3-6)11(8,9)10/h4-5,8,12H,2-3,6H2,1H3;2-5H,1H3,(H,8,9,10)/t8-;/m1./s1. The summed E-state index contributed by atoms with van der Waals surface area (Å²) in [5.41, 5.74) is 1.47. The Labute approximate surface area is 146 Å². The molecule has 6 nitrogen and oxygen atoms in total. The van der Waals surface area contributed by atoms with Crippen LogP contribution in [0.4, 0.5) is 4.39 Å². The lowest BCUT2D eigenvalue weighted by Gasteiger charge is -2.27. The molecule has 1 aromatic heterocycles. The number of halogens is 1. The second-order valence-corrected chi connectivity index (χ2v) is 7.24. The molecule has 0 radical (unpaired) electrons. The molecular weight excluding hydrogens is 347 g/mol. The number of hydrogen-bond acceptors (Lipinski definition) is 5.